The zero-order chi connectivity index (χ0) is 20.1. The fourth-order valence-electron chi connectivity index (χ4n) is 3.31. The Morgan fingerprint density at radius 2 is 1.89 bits per heavy atom. The van der Waals surface area contributed by atoms with Crippen molar-refractivity contribution < 1.29 is 18.0 Å². The van der Waals surface area contributed by atoms with E-state index < -0.39 is 15.9 Å². The molecular formula is C16H20N6O4S2. The monoisotopic (exact) mass is 424 g/mol. The Morgan fingerprint density at radius 3 is 2.46 bits per heavy atom. The molecular weight excluding hydrogens is 404 g/mol. The smallest absolute Gasteiger partial charge is 0.267 e. The van der Waals surface area contributed by atoms with E-state index in [2.05, 4.69) is 9.59 Å². The predicted molar refractivity (Wildman–Crippen MR) is 100 cm³/mol. The molecule has 0 aromatic carbocycles. The van der Waals surface area contributed by atoms with Gasteiger partial charge in [-0.05, 0) is 30.4 Å². The quantitative estimate of drug-likeness (QED) is 0.719. The predicted octanol–water partition coefficient (Wildman–Crippen LogP) is -0.000400. The number of nitrogens with two attached hydrogens (primary N) is 1. The zero-order valence-corrected chi connectivity index (χ0v) is 16.9. The largest absolute Gasteiger partial charge is 0.364 e. The van der Waals surface area contributed by atoms with Crippen LogP contribution in [-0.4, -0.2) is 69.8 Å². The second kappa shape index (κ2) is 6.94. The summed E-state index contributed by atoms with van der Waals surface area (Å²) in [5, 5.41) is 4.09. The fraction of sp³-hybridized carbons (Fsp3) is 0.500. The summed E-state index contributed by atoms with van der Waals surface area (Å²) in [7, 11) is -2.20. The first kappa shape index (κ1) is 19.0. The molecule has 1 aliphatic heterocycles. The lowest BCUT2D eigenvalue weighted by atomic mass is 10.2. The van der Waals surface area contributed by atoms with E-state index >= 15 is 0 Å². The molecule has 2 N–H and O–H groups in total. The Hall–Kier alpha value is -2.31. The van der Waals surface area contributed by atoms with Gasteiger partial charge in [0, 0.05) is 45.3 Å². The van der Waals surface area contributed by atoms with Crippen LogP contribution < -0.4 is 5.73 Å². The van der Waals surface area contributed by atoms with Gasteiger partial charge < -0.3 is 15.2 Å². The third-order valence-electron chi connectivity index (χ3n) is 5.07. The Kier molecular flexibility index (Phi) is 4.71. The van der Waals surface area contributed by atoms with E-state index in [4.69, 9.17) is 5.73 Å². The van der Waals surface area contributed by atoms with Crippen molar-refractivity contribution in [1.82, 2.24) is 23.4 Å². The molecule has 12 heteroatoms. The minimum absolute atomic E-state index is 0.0197. The van der Waals surface area contributed by atoms with E-state index in [0.29, 0.717) is 10.8 Å². The van der Waals surface area contributed by atoms with Gasteiger partial charge in [0.2, 0.25) is 10.0 Å². The average Bonchev–Trinajstić information content (AvgIpc) is 3.24. The SMILES string of the molecule is Cn1cc(S(=O)(=O)N2CCN(C(=O)c3snnc3C3CC3)CC2)cc1C(N)=O. The van der Waals surface area contributed by atoms with Gasteiger partial charge in [-0.25, -0.2) is 8.42 Å². The molecule has 1 saturated heterocycles. The number of amides is 2. The Morgan fingerprint density at radius 1 is 1.21 bits per heavy atom. The normalized spacial score (nSPS) is 18.4. The van der Waals surface area contributed by atoms with Crippen molar-refractivity contribution in [3.8, 4) is 0 Å². The molecule has 3 heterocycles. The van der Waals surface area contributed by atoms with Crippen LogP contribution in [0, 0.1) is 0 Å². The van der Waals surface area contributed by atoms with Crippen molar-refractivity contribution in [2.45, 2.75) is 23.7 Å². The number of rotatable bonds is 5. The lowest BCUT2D eigenvalue weighted by Crippen LogP contribution is -2.50. The number of hydrogen-bond acceptors (Lipinski definition) is 7. The molecule has 0 bridgehead atoms. The van der Waals surface area contributed by atoms with Gasteiger partial charge in [-0.15, -0.1) is 5.10 Å². The molecule has 0 spiro atoms. The van der Waals surface area contributed by atoms with Crippen LogP contribution in [0.5, 0.6) is 0 Å². The van der Waals surface area contributed by atoms with E-state index in [1.807, 2.05) is 0 Å². The van der Waals surface area contributed by atoms with Crippen molar-refractivity contribution >= 4 is 33.4 Å². The molecule has 4 rings (SSSR count). The van der Waals surface area contributed by atoms with Gasteiger partial charge in [0.25, 0.3) is 11.8 Å². The van der Waals surface area contributed by atoms with Crippen molar-refractivity contribution in [1.29, 1.82) is 0 Å². The first-order chi connectivity index (χ1) is 13.3. The fourth-order valence-corrected chi connectivity index (χ4v) is 5.53. The third-order valence-corrected chi connectivity index (χ3v) is 7.66. The van der Waals surface area contributed by atoms with Crippen LogP contribution in [0.1, 0.15) is 44.6 Å². The summed E-state index contributed by atoms with van der Waals surface area (Å²) in [5.74, 6) is -0.495. The molecule has 1 saturated carbocycles. The number of sulfonamides is 1. The highest BCUT2D eigenvalue weighted by Gasteiger charge is 2.36. The number of carbonyl (C=O) groups is 2. The second-order valence-electron chi connectivity index (χ2n) is 6.99. The molecule has 0 atom stereocenters. The number of aromatic nitrogens is 3. The summed E-state index contributed by atoms with van der Waals surface area (Å²) in [5.41, 5.74) is 6.16. The van der Waals surface area contributed by atoms with Crippen LogP contribution >= 0.6 is 11.5 Å². The first-order valence-corrected chi connectivity index (χ1v) is 11.1. The lowest BCUT2D eigenvalue weighted by molar-refractivity contribution is 0.0701. The number of hydrogen-bond donors (Lipinski definition) is 1. The van der Waals surface area contributed by atoms with E-state index in [9.17, 15) is 18.0 Å². The van der Waals surface area contributed by atoms with Crippen molar-refractivity contribution in [3.05, 3.63) is 28.5 Å². The van der Waals surface area contributed by atoms with Crippen LogP contribution in [0.3, 0.4) is 0 Å². The van der Waals surface area contributed by atoms with E-state index in [1.54, 1.807) is 11.9 Å². The summed E-state index contributed by atoms with van der Waals surface area (Å²) >= 11 is 1.10. The maximum atomic E-state index is 12.9. The standard InChI is InChI=1S/C16H20N6O4S2/c1-20-9-11(8-12(20)15(17)23)28(25,26)22-6-4-21(5-7-22)16(24)14-13(10-2-3-10)18-19-27-14/h8-10H,2-7H2,1H3,(H2,17,23). The second-order valence-corrected chi connectivity index (χ2v) is 9.69. The van der Waals surface area contributed by atoms with Crippen LogP contribution in [-0.2, 0) is 17.1 Å². The van der Waals surface area contributed by atoms with Crippen molar-refractivity contribution in [2.75, 3.05) is 26.2 Å². The number of aryl methyl sites for hydroxylation is 1. The zero-order valence-electron chi connectivity index (χ0n) is 15.2. The molecule has 0 unspecified atom stereocenters. The summed E-state index contributed by atoms with van der Waals surface area (Å²) in [6, 6.07) is 1.28. The first-order valence-electron chi connectivity index (χ1n) is 8.87. The maximum Gasteiger partial charge on any atom is 0.267 e. The summed E-state index contributed by atoms with van der Waals surface area (Å²) < 4.78 is 32.4. The molecule has 0 radical (unpaired) electrons. The van der Waals surface area contributed by atoms with Crippen LogP contribution in [0.15, 0.2) is 17.2 Å². The van der Waals surface area contributed by atoms with Crippen molar-refractivity contribution in [2.24, 2.45) is 12.8 Å². The van der Waals surface area contributed by atoms with Gasteiger partial charge in [-0.1, -0.05) is 4.49 Å². The van der Waals surface area contributed by atoms with Gasteiger partial charge >= 0.3 is 0 Å². The number of piperazine rings is 1. The van der Waals surface area contributed by atoms with Crippen LogP contribution in [0.25, 0.3) is 0 Å². The molecule has 2 aliphatic rings. The molecule has 2 aromatic heterocycles. The van der Waals surface area contributed by atoms with E-state index in [0.717, 1.165) is 30.1 Å². The highest BCUT2D eigenvalue weighted by atomic mass is 32.2. The van der Waals surface area contributed by atoms with Gasteiger partial charge in [-0.3, -0.25) is 9.59 Å². The highest BCUT2D eigenvalue weighted by Crippen LogP contribution is 2.41. The van der Waals surface area contributed by atoms with Gasteiger partial charge in [0.05, 0.1) is 5.69 Å². The Labute approximate surface area is 166 Å². The van der Waals surface area contributed by atoms with Crippen molar-refractivity contribution in [3.63, 3.8) is 0 Å². The topological polar surface area (TPSA) is 131 Å². The van der Waals surface area contributed by atoms with Gasteiger partial charge in [0.1, 0.15) is 15.5 Å². The average molecular weight is 425 g/mol. The number of carbonyl (C=O) groups excluding carboxylic acids is 2. The summed E-state index contributed by atoms with van der Waals surface area (Å²) in [6.45, 7) is 0.935. The van der Waals surface area contributed by atoms with Gasteiger partial charge in [0.15, 0.2) is 0 Å². The summed E-state index contributed by atoms with van der Waals surface area (Å²) in [4.78, 5) is 26.4. The van der Waals surface area contributed by atoms with Crippen LogP contribution in [0.2, 0.25) is 0 Å². The maximum absolute atomic E-state index is 12.9. The highest BCUT2D eigenvalue weighted by molar-refractivity contribution is 7.89. The Balaban J connectivity index is 1.46. The van der Waals surface area contributed by atoms with Crippen LogP contribution in [0.4, 0.5) is 0 Å². The molecule has 1 aliphatic carbocycles. The molecule has 28 heavy (non-hydrogen) atoms. The van der Waals surface area contributed by atoms with Gasteiger partial charge in [-0.2, -0.15) is 4.31 Å². The Bertz CT molecular complexity index is 1030. The third kappa shape index (κ3) is 3.31. The minimum Gasteiger partial charge on any atom is -0.364 e. The molecule has 2 fully saturated rings. The lowest BCUT2D eigenvalue weighted by Gasteiger charge is -2.33. The molecule has 10 nitrogen and oxygen atoms in total. The summed E-state index contributed by atoms with van der Waals surface area (Å²) in [6.07, 6.45) is 3.43. The molecule has 2 aromatic rings. The number of primary amides is 1. The van der Waals surface area contributed by atoms with E-state index in [1.165, 1.54) is 21.1 Å². The molecule has 2 amide bonds. The molecule has 150 valence electrons. The number of nitrogens with zero attached hydrogens (tertiary/aromatic N) is 5. The minimum atomic E-state index is -3.77. The van der Waals surface area contributed by atoms with E-state index in [-0.39, 0.29) is 42.7 Å².